The number of carbonyl (C=O) groups excluding carboxylic acids is 2. The number of cyclic esters (lactones) is 1. The van der Waals surface area contributed by atoms with Crippen molar-refractivity contribution in [2.24, 2.45) is 5.16 Å². The smallest absolute Gasteiger partial charge is 0.342 e. The van der Waals surface area contributed by atoms with Gasteiger partial charge >= 0.3 is 5.97 Å². The van der Waals surface area contributed by atoms with Crippen molar-refractivity contribution < 1.29 is 29.4 Å². The number of benzene rings is 1. The molecule has 35 heavy (non-hydrogen) atoms. The van der Waals surface area contributed by atoms with Crippen molar-refractivity contribution in [2.75, 3.05) is 19.7 Å². The average molecular weight is 505 g/mol. The number of allylic oxidation sites excluding steroid dienone is 3. The Labute approximate surface area is 210 Å². The van der Waals surface area contributed by atoms with Gasteiger partial charge in [-0.3, -0.25) is 4.79 Å². The molecule has 0 bridgehead atoms. The number of rotatable bonds is 3. The molecule has 0 aromatic heterocycles. The van der Waals surface area contributed by atoms with Crippen LogP contribution < -0.4 is 0 Å². The molecule has 0 radical (unpaired) electrons. The van der Waals surface area contributed by atoms with E-state index in [2.05, 4.69) is 5.16 Å². The summed E-state index contributed by atoms with van der Waals surface area (Å²) < 4.78 is 5.51. The number of oxime groups is 1. The van der Waals surface area contributed by atoms with Gasteiger partial charge in [0.25, 0.3) is 5.91 Å². The van der Waals surface area contributed by atoms with E-state index in [0.29, 0.717) is 25.2 Å². The molecule has 0 unspecified atom stereocenters. The molecule has 190 valence electrons. The van der Waals surface area contributed by atoms with Gasteiger partial charge in [-0.2, -0.15) is 0 Å². The number of hydrogen-bond donors (Lipinski definition) is 2. The Morgan fingerprint density at radius 3 is 2.71 bits per heavy atom. The van der Waals surface area contributed by atoms with Gasteiger partial charge in [0, 0.05) is 32.0 Å². The Morgan fingerprint density at radius 2 is 1.97 bits per heavy atom. The van der Waals surface area contributed by atoms with Gasteiger partial charge in [0.1, 0.15) is 23.2 Å². The number of piperidine rings is 1. The minimum Gasteiger partial charge on any atom is -0.507 e. The Kier molecular flexibility index (Phi) is 9.60. The highest BCUT2D eigenvalue weighted by Crippen LogP contribution is 2.37. The van der Waals surface area contributed by atoms with E-state index in [1.165, 1.54) is 0 Å². The Bertz CT molecular complexity index is 1030. The van der Waals surface area contributed by atoms with E-state index in [-0.39, 0.29) is 40.8 Å². The zero-order chi connectivity index (χ0) is 25.4. The van der Waals surface area contributed by atoms with Gasteiger partial charge in [-0.15, -0.1) is 0 Å². The second kappa shape index (κ2) is 12.6. The Hall–Kier alpha value is -3.00. The summed E-state index contributed by atoms with van der Waals surface area (Å²) in [6.45, 7) is 4.94. The lowest BCUT2D eigenvalue weighted by Crippen LogP contribution is -2.37. The van der Waals surface area contributed by atoms with Gasteiger partial charge in [-0.25, -0.2) is 4.79 Å². The summed E-state index contributed by atoms with van der Waals surface area (Å²) in [6.07, 6.45) is 10.5. The van der Waals surface area contributed by atoms with Crippen molar-refractivity contribution in [3.63, 3.8) is 0 Å². The highest BCUT2D eigenvalue weighted by atomic mass is 35.5. The molecule has 2 N–H and O–H groups in total. The fraction of sp³-hybridized carbons (Fsp3) is 0.500. The molecule has 1 aromatic rings. The third kappa shape index (κ3) is 7.49. The predicted octanol–water partition coefficient (Wildman–Crippen LogP) is 4.91. The predicted molar refractivity (Wildman–Crippen MR) is 134 cm³/mol. The molecule has 0 spiro atoms. The topological polar surface area (TPSA) is 109 Å². The third-order valence-corrected chi connectivity index (χ3v) is 6.44. The summed E-state index contributed by atoms with van der Waals surface area (Å²) >= 11 is 6.37. The van der Waals surface area contributed by atoms with Crippen LogP contribution in [0.15, 0.2) is 35.0 Å². The second-order valence-corrected chi connectivity index (χ2v) is 9.39. The van der Waals surface area contributed by atoms with Crippen LogP contribution in [0.1, 0.15) is 68.3 Å². The molecule has 2 aliphatic heterocycles. The van der Waals surface area contributed by atoms with Gasteiger partial charge < -0.3 is 24.7 Å². The number of aromatic hydroxyl groups is 2. The SMILES string of the molecule is C/C1=C\C(=N/OCC(=O)N2CCCCC2)Cc2c(Cl)c(O)cc(O)c2C(=O)O[C@H](C)C/C=C/CC1. The van der Waals surface area contributed by atoms with E-state index in [9.17, 15) is 19.8 Å². The first kappa shape index (κ1) is 26.6. The summed E-state index contributed by atoms with van der Waals surface area (Å²) in [6, 6.07) is 1.02. The van der Waals surface area contributed by atoms with E-state index < -0.39 is 17.8 Å². The molecule has 0 aliphatic carbocycles. The molecular formula is C26H33ClN2O6. The maximum atomic E-state index is 12.9. The lowest BCUT2D eigenvalue weighted by molar-refractivity contribution is -0.137. The highest BCUT2D eigenvalue weighted by molar-refractivity contribution is 6.33. The fourth-order valence-electron chi connectivity index (χ4n) is 4.14. The molecule has 8 nitrogen and oxygen atoms in total. The molecule has 1 atom stereocenters. The van der Waals surface area contributed by atoms with E-state index in [1.807, 2.05) is 19.1 Å². The molecule has 1 aromatic carbocycles. The number of hydrogen-bond acceptors (Lipinski definition) is 7. The summed E-state index contributed by atoms with van der Waals surface area (Å²) in [5.74, 6) is -1.69. The zero-order valence-electron chi connectivity index (χ0n) is 20.3. The van der Waals surface area contributed by atoms with E-state index in [1.54, 1.807) is 17.9 Å². The van der Waals surface area contributed by atoms with Crippen LogP contribution in [0.2, 0.25) is 5.02 Å². The lowest BCUT2D eigenvalue weighted by Gasteiger charge is -2.26. The maximum Gasteiger partial charge on any atom is 0.342 e. The molecular weight excluding hydrogens is 472 g/mol. The summed E-state index contributed by atoms with van der Waals surface area (Å²) in [5, 5.41) is 24.8. The molecule has 1 saturated heterocycles. The fourth-order valence-corrected chi connectivity index (χ4v) is 4.35. The monoisotopic (exact) mass is 504 g/mol. The molecule has 3 rings (SSSR count). The van der Waals surface area contributed by atoms with E-state index in [4.69, 9.17) is 21.2 Å². The summed E-state index contributed by atoms with van der Waals surface area (Å²) in [4.78, 5) is 32.6. The van der Waals surface area contributed by atoms with Crippen LogP contribution in [0.3, 0.4) is 0 Å². The van der Waals surface area contributed by atoms with Crippen molar-refractivity contribution in [3.8, 4) is 11.5 Å². The number of amides is 1. The van der Waals surface area contributed by atoms with Gasteiger partial charge in [0.15, 0.2) is 6.61 Å². The van der Waals surface area contributed by atoms with Crippen molar-refractivity contribution in [1.82, 2.24) is 4.90 Å². The Balaban J connectivity index is 1.93. The second-order valence-electron chi connectivity index (χ2n) is 9.01. The van der Waals surface area contributed by atoms with Gasteiger partial charge in [0.2, 0.25) is 0 Å². The van der Waals surface area contributed by atoms with Crippen LogP contribution in [0.4, 0.5) is 0 Å². The number of ether oxygens (including phenoxy) is 1. The first-order valence-corrected chi connectivity index (χ1v) is 12.4. The molecule has 2 heterocycles. The van der Waals surface area contributed by atoms with Crippen molar-refractivity contribution in [2.45, 2.75) is 64.9 Å². The summed E-state index contributed by atoms with van der Waals surface area (Å²) in [5.41, 5.74) is 1.43. The van der Waals surface area contributed by atoms with Gasteiger partial charge in [0.05, 0.1) is 10.7 Å². The van der Waals surface area contributed by atoms with Crippen LogP contribution >= 0.6 is 11.6 Å². The number of phenols is 2. The zero-order valence-corrected chi connectivity index (χ0v) is 21.0. The first-order chi connectivity index (χ1) is 16.8. The number of likely N-dealkylation sites (tertiary alicyclic amines) is 1. The normalized spacial score (nSPS) is 23.5. The van der Waals surface area contributed by atoms with Gasteiger partial charge in [-0.05, 0) is 57.6 Å². The molecule has 9 heteroatoms. The van der Waals surface area contributed by atoms with Crippen molar-refractivity contribution >= 4 is 29.2 Å². The minimum absolute atomic E-state index is 0.0231. The number of phenolic OH excluding ortho intramolecular Hbond substituents is 2. The third-order valence-electron chi connectivity index (χ3n) is 6.02. The van der Waals surface area contributed by atoms with Gasteiger partial charge in [-0.1, -0.05) is 34.5 Å². The number of esters is 1. The van der Waals surface area contributed by atoms with Crippen LogP contribution in [0, 0.1) is 0 Å². The lowest BCUT2D eigenvalue weighted by atomic mass is 9.98. The molecule has 1 fully saturated rings. The van der Waals surface area contributed by atoms with Crippen molar-refractivity contribution in [1.29, 1.82) is 0 Å². The Morgan fingerprint density at radius 1 is 1.23 bits per heavy atom. The van der Waals surface area contributed by atoms with Crippen LogP contribution in [-0.4, -0.2) is 58.5 Å². The standard InChI is InChI=1S/C26H33ClN2O6/c1-17-9-5-3-6-10-18(2)35-26(33)24-20(25(27)22(31)15-21(24)30)14-19(13-17)28-34-16-23(32)29-11-7-4-8-12-29/h3,6,13,15,18,30-31H,4-5,7-12,14,16H2,1-2H3/b6-3+,17-13+,28-19+/t18-/m1/s1. The first-order valence-electron chi connectivity index (χ1n) is 12.0. The maximum absolute atomic E-state index is 12.9. The van der Waals surface area contributed by atoms with Crippen molar-refractivity contribution in [3.05, 3.63) is 46.0 Å². The number of fused-ring (bicyclic) bond motifs is 1. The quantitative estimate of drug-likeness (QED) is 0.344. The van der Waals surface area contributed by atoms with E-state index >= 15 is 0 Å². The largest absolute Gasteiger partial charge is 0.507 e. The molecule has 0 saturated carbocycles. The number of carbonyl (C=O) groups is 2. The number of halogens is 1. The summed E-state index contributed by atoms with van der Waals surface area (Å²) in [7, 11) is 0. The molecule has 1 amide bonds. The molecule has 2 aliphatic rings. The highest BCUT2D eigenvalue weighted by Gasteiger charge is 2.26. The average Bonchev–Trinajstić information content (AvgIpc) is 2.81. The van der Waals surface area contributed by atoms with Crippen LogP contribution in [0.5, 0.6) is 11.5 Å². The van der Waals surface area contributed by atoms with Crippen LogP contribution in [-0.2, 0) is 20.8 Å². The van der Waals surface area contributed by atoms with E-state index in [0.717, 1.165) is 43.7 Å². The van der Waals surface area contributed by atoms with Crippen LogP contribution in [0.25, 0.3) is 0 Å². The number of nitrogens with zero attached hydrogens (tertiary/aromatic N) is 2. The minimum atomic E-state index is -0.751.